The predicted octanol–water partition coefficient (Wildman–Crippen LogP) is 3.72. The monoisotopic (exact) mass is 403 g/mol. The van der Waals surface area contributed by atoms with Gasteiger partial charge in [0.2, 0.25) is 0 Å². The van der Waals surface area contributed by atoms with Crippen molar-refractivity contribution >= 4 is 23.3 Å². The first-order valence-corrected chi connectivity index (χ1v) is 10.1. The Balaban J connectivity index is 2.24. The van der Waals surface area contributed by atoms with Gasteiger partial charge in [0.05, 0.1) is 29.6 Å². The van der Waals surface area contributed by atoms with Crippen LogP contribution in [0.25, 0.3) is 0 Å². The van der Waals surface area contributed by atoms with E-state index in [4.69, 9.17) is 9.73 Å². The second-order valence-corrected chi connectivity index (χ2v) is 7.25. The van der Waals surface area contributed by atoms with Gasteiger partial charge in [-0.3, -0.25) is 19.5 Å². The number of amides is 1. The minimum atomic E-state index is -0.641. The third-order valence-corrected chi connectivity index (χ3v) is 5.28. The largest absolute Gasteiger partial charge is 0.465 e. The van der Waals surface area contributed by atoms with Crippen molar-refractivity contribution in [3.63, 3.8) is 0 Å². The van der Waals surface area contributed by atoms with Crippen LogP contribution in [-0.4, -0.2) is 36.8 Å². The van der Waals surface area contributed by atoms with Gasteiger partial charge in [0.1, 0.15) is 12.6 Å². The Morgan fingerprint density at radius 1 is 1.23 bits per heavy atom. The molecule has 0 spiro atoms. The quantitative estimate of drug-likeness (QED) is 0.688. The molecular weight excluding hydrogens is 378 g/mol. The van der Waals surface area contributed by atoms with Crippen molar-refractivity contribution in [1.29, 1.82) is 5.26 Å². The van der Waals surface area contributed by atoms with E-state index in [1.165, 1.54) is 4.90 Å². The van der Waals surface area contributed by atoms with Gasteiger partial charge < -0.3 is 4.74 Å². The average Bonchev–Trinajstić information content (AvgIpc) is 2.88. The second kappa shape index (κ2) is 9.36. The van der Waals surface area contributed by atoms with Crippen molar-refractivity contribution in [2.45, 2.75) is 33.2 Å². The maximum Gasteiger partial charge on any atom is 0.326 e. The summed E-state index contributed by atoms with van der Waals surface area (Å²) in [5.41, 5.74) is 3.17. The van der Waals surface area contributed by atoms with Crippen molar-refractivity contribution in [3.05, 3.63) is 65.2 Å². The summed E-state index contributed by atoms with van der Waals surface area (Å²) in [6, 6.07) is 16.2. The fraction of sp³-hybridized carbons (Fsp3) is 0.333. The van der Waals surface area contributed by atoms with Crippen LogP contribution in [0, 0.1) is 17.2 Å². The zero-order valence-electron chi connectivity index (χ0n) is 17.5. The molecule has 0 fully saturated rings. The maximum absolute atomic E-state index is 13.5. The van der Waals surface area contributed by atoms with E-state index in [1.807, 2.05) is 44.2 Å². The Bertz CT molecular complexity index is 1010. The van der Waals surface area contributed by atoms with E-state index in [9.17, 15) is 14.9 Å². The number of esters is 1. The molecule has 30 heavy (non-hydrogen) atoms. The minimum Gasteiger partial charge on any atom is -0.465 e. The van der Waals surface area contributed by atoms with E-state index in [0.717, 1.165) is 12.0 Å². The number of nitrogens with zero attached hydrogens (tertiary/aromatic N) is 3. The summed E-state index contributed by atoms with van der Waals surface area (Å²) in [5.74, 6) is -0.743. The molecule has 6 nitrogen and oxygen atoms in total. The molecule has 6 heteroatoms. The Hall–Kier alpha value is -3.46. The van der Waals surface area contributed by atoms with E-state index in [2.05, 4.69) is 6.07 Å². The lowest BCUT2D eigenvalue weighted by Crippen LogP contribution is -2.43. The van der Waals surface area contributed by atoms with Crippen LogP contribution in [0.2, 0.25) is 0 Å². The summed E-state index contributed by atoms with van der Waals surface area (Å²) >= 11 is 0. The summed E-state index contributed by atoms with van der Waals surface area (Å²) in [7, 11) is 0. The molecule has 0 bridgehead atoms. The first kappa shape index (κ1) is 21.3. The zero-order chi connectivity index (χ0) is 21.7. The van der Waals surface area contributed by atoms with Crippen molar-refractivity contribution in [3.8, 4) is 6.07 Å². The smallest absolute Gasteiger partial charge is 0.326 e. The van der Waals surface area contributed by atoms with Gasteiger partial charge in [0.25, 0.3) is 5.91 Å². The lowest BCUT2D eigenvalue weighted by Gasteiger charge is -2.26. The number of carbonyl (C=O) groups excluding carboxylic acids is 2. The van der Waals surface area contributed by atoms with Crippen molar-refractivity contribution in [2.75, 3.05) is 18.1 Å². The molecule has 1 unspecified atom stereocenters. The molecule has 0 radical (unpaired) electrons. The number of ether oxygens (including phenoxy) is 1. The molecule has 0 saturated heterocycles. The predicted molar refractivity (Wildman–Crippen MR) is 115 cm³/mol. The molecule has 154 valence electrons. The molecule has 1 heterocycles. The van der Waals surface area contributed by atoms with Crippen LogP contribution in [0.1, 0.15) is 43.9 Å². The summed E-state index contributed by atoms with van der Waals surface area (Å²) in [6.07, 6.45) is 0.759. The van der Waals surface area contributed by atoms with Crippen molar-refractivity contribution in [1.82, 2.24) is 0 Å². The number of aliphatic imine (C=N–C) groups is 1. The number of benzodiazepines with no additional fused rings is 1. The highest BCUT2D eigenvalue weighted by Crippen LogP contribution is 2.31. The number of hydrogen-bond donors (Lipinski definition) is 0. The number of benzene rings is 2. The molecule has 0 saturated carbocycles. The van der Waals surface area contributed by atoms with Crippen LogP contribution in [0.4, 0.5) is 5.69 Å². The highest BCUT2D eigenvalue weighted by atomic mass is 16.5. The molecule has 1 amide bonds. The Kier molecular flexibility index (Phi) is 6.63. The van der Waals surface area contributed by atoms with Crippen LogP contribution >= 0.6 is 0 Å². The summed E-state index contributed by atoms with van der Waals surface area (Å²) in [5, 5.41) is 9.43. The third-order valence-electron chi connectivity index (χ3n) is 5.28. The normalized spacial score (nSPS) is 16.7. The lowest BCUT2D eigenvalue weighted by atomic mass is 9.97. The van der Waals surface area contributed by atoms with Gasteiger partial charge in [-0.25, -0.2) is 0 Å². The van der Waals surface area contributed by atoms with Gasteiger partial charge in [-0.1, -0.05) is 50.6 Å². The summed E-state index contributed by atoms with van der Waals surface area (Å²) < 4.78 is 5.10. The molecule has 2 aromatic rings. The fourth-order valence-electron chi connectivity index (χ4n) is 3.49. The fourth-order valence-corrected chi connectivity index (χ4v) is 3.49. The number of anilines is 1. The van der Waals surface area contributed by atoms with E-state index in [1.54, 1.807) is 25.1 Å². The van der Waals surface area contributed by atoms with E-state index in [0.29, 0.717) is 22.5 Å². The topological polar surface area (TPSA) is 82.8 Å². The van der Waals surface area contributed by atoms with Crippen LogP contribution < -0.4 is 4.90 Å². The van der Waals surface area contributed by atoms with Gasteiger partial charge in [-0.05, 0) is 31.0 Å². The molecule has 3 rings (SSSR count). The first-order chi connectivity index (χ1) is 14.5. The Morgan fingerprint density at radius 2 is 1.97 bits per heavy atom. The summed E-state index contributed by atoms with van der Waals surface area (Å²) in [6.45, 7) is 5.76. The van der Waals surface area contributed by atoms with Gasteiger partial charge >= 0.3 is 5.97 Å². The molecule has 0 aromatic heterocycles. The Morgan fingerprint density at radius 3 is 2.60 bits per heavy atom. The third kappa shape index (κ3) is 4.25. The van der Waals surface area contributed by atoms with E-state index < -0.39 is 12.0 Å². The van der Waals surface area contributed by atoms with Crippen LogP contribution in [0.15, 0.2) is 53.5 Å². The van der Waals surface area contributed by atoms with Crippen molar-refractivity contribution in [2.24, 2.45) is 10.9 Å². The minimum absolute atomic E-state index is 0.0225. The SMILES string of the molecule is CCOC(=O)CN1C(=O)C([C@@H](C)CC)N=C(c2ccccc2)c2cc(C#N)ccc21. The number of carbonyl (C=O) groups is 2. The van der Waals surface area contributed by atoms with Gasteiger partial charge in [0, 0.05) is 11.1 Å². The number of nitriles is 1. The van der Waals surface area contributed by atoms with Gasteiger partial charge in [0.15, 0.2) is 0 Å². The summed E-state index contributed by atoms with van der Waals surface area (Å²) in [4.78, 5) is 32.2. The number of fused-ring (bicyclic) bond motifs is 1. The highest BCUT2D eigenvalue weighted by Gasteiger charge is 2.35. The van der Waals surface area contributed by atoms with E-state index in [-0.39, 0.29) is 25.0 Å². The second-order valence-electron chi connectivity index (χ2n) is 7.25. The lowest BCUT2D eigenvalue weighted by molar-refractivity contribution is -0.142. The zero-order valence-corrected chi connectivity index (χ0v) is 17.5. The van der Waals surface area contributed by atoms with Gasteiger partial charge in [-0.2, -0.15) is 5.26 Å². The molecule has 2 aromatic carbocycles. The highest BCUT2D eigenvalue weighted by molar-refractivity contribution is 6.20. The first-order valence-electron chi connectivity index (χ1n) is 10.1. The van der Waals surface area contributed by atoms with E-state index >= 15 is 0 Å². The van der Waals surface area contributed by atoms with Gasteiger partial charge in [-0.15, -0.1) is 0 Å². The number of rotatable bonds is 6. The van der Waals surface area contributed by atoms with Crippen LogP contribution in [0.5, 0.6) is 0 Å². The van der Waals surface area contributed by atoms with Crippen molar-refractivity contribution < 1.29 is 14.3 Å². The molecule has 2 atom stereocenters. The van der Waals surface area contributed by atoms with Crippen LogP contribution in [-0.2, 0) is 14.3 Å². The molecule has 0 N–H and O–H groups in total. The average molecular weight is 403 g/mol. The van der Waals surface area contributed by atoms with Crippen LogP contribution in [0.3, 0.4) is 0 Å². The molecule has 1 aliphatic rings. The Labute approximate surface area is 176 Å². The standard InChI is InChI=1S/C24H25N3O3/c1-4-16(3)22-24(29)27(15-21(28)30-5-2)20-12-11-17(14-25)13-19(20)23(26-22)18-9-7-6-8-10-18/h6-13,16,22H,4-5,15H2,1-3H3/t16-,22?/m0/s1. The molecule has 1 aliphatic heterocycles. The molecule has 0 aliphatic carbocycles. The number of hydrogen-bond acceptors (Lipinski definition) is 5. The molecular formula is C24H25N3O3. The maximum atomic E-state index is 13.5.